The van der Waals surface area contributed by atoms with Crippen LogP contribution in [-0.2, 0) is 5.60 Å². The zero-order chi connectivity index (χ0) is 19.7. The van der Waals surface area contributed by atoms with Gasteiger partial charge in [-0.25, -0.2) is 4.98 Å². The van der Waals surface area contributed by atoms with Crippen LogP contribution in [-0.4, -0.2) is 20.4 Å². The smallest absolute Gasteiger partial charge is 0.275 e. The maximum absolute atomic E-state index is 12.5. The lowest BCUT2D eigenvalue weighted by molar-refractivity contribution is 0.0786. The zero-order valence-corrected chi connectivity index (χ0v) is 15.8. The number of fused-ring (bicyclic) bond motifs is 1. The SMILES string of the molecule is CC(C)(O)c1cccc(-c2ccc3nc(C(=O)Nc4ccccc4)cn3c2)c1. The molecule has 140 valence electrons. The van der Waals surface area contributed by atoms with E-state index in [0.717, 1.165) is 22.4 Å². The lowest BCUT2D eigenvalue weighted by atomic mass is 9.95. The van der Waals surface area contributed by atoms with Gasteiger partial charge in [0.15, 0.2) is 0 Å². The summed E-state index contributed by atoms with van der Waals surface area (Å²) in [7, 11) is 0. The molecule has 0 fully saturated rings. The van der Waals surface area contributed by atoms with Crippen molar-refractivity contribution in [2.24, 2.45) is 0 Å². The Morgan fingerprint density at radius 1 is 0.964 bits per heavy atom. The van der Waals surface area contributed by atoms with Gasteiger partial charge in [0.05, 0.1) is 5.60 Å². The number of benzene rings is 2. The van der Waals surface area contributed by atoms with Crippen LogP contribution in [0.4, 0.5) is 5.69 Å². The van der Waals surface area contributed by atoms with Gasteiger partial charge in [0.1, 0.15) is 11.3 Å². The van der Waals surface area contributed by atoms with Crippen molar-refractivity contribution in [2.45, 2.75) is 19.4 Å². The summed E-state index contributed by atoms with van der Waals surface area (Å²) in [5.41, 5.74) is 3.69. The molecule has 0 aliphatic carbocycles. The van der Waals surface area contributed by atoms with Crippen molar-refractivity contribution >= 4 is 17.2 Å². The molecule has 4 rings (SSSR count). The molecule has 0 radical (unpaired) electrons. The minimum Gasteiger partial charge on any atom is -0.386 e. The average molecular weight is 371 g/mol. The van der Waals surface area contributed by atoms with E-state index in [4.69, 9.17) is 0 Å². The van der Waals surface area contributed by atoms with E-state index in [-0.39, 0.29) is 5.91 Å². The normalized spacial score (nSPS) is 11.5. The van der Waals surface area contributed by atoms with Crippen molar-refractivity contribution in [3.63, 3.8) is 0 Å². The van der Waals surface area contributed by atoms with Crippen molar-refractivity contribution in [3.05, 3.63) is 90.4 Å². The van der Waals surface area contributed by atoms with Crippen LogP contribution in [0, 0.1) is 0 Å². The number of nitrogens with zero attached hydrogens (tertiary/aromatic N) is 2. The predicted octanol–water partition coefficient (Wildman–Crippen LogP) is 4.48. The molecule has 5 heteroatoms. The number of para-hydroxylation sites is 1. The molecule has 1 amide bonds. The van der Waals surface area contributed by atoms with E-state index in [2.05, 4.69) is 10.3 Å². The van der Waals surface area contributed by atoms with Gasteiger partial charge in [-0.1, -0.05) is 36.4 Å². The van der Waals surface area contributed by atoms with Crippen LogP contribution in [0.2, 0.25) is 0 Å². The molecule has 0 saturated heterocycles. The fraction of sp³-hybridized carbons (Fsp3) is 0.130. The number of hydrogen-bond donors (Lipinski definition) is 2. The first-order chi connectivity index (χ1) is 13.4. The molecule has 0 aliphatic rings. The van der Waals surface area contributed by atoms with E-state index in [9.17, 15) is 9.90 Å². The van der Waals surface area contributed by atoms with Crippen molar-refractivity contribution in [1.29, 1.82) is 0 Å². The Balaban J connectivity index is 1.64. The number of carbonyl (C=O) groups excluding carboxylic acids is 1. The standard InChI is InChI=1S/C23H21N3O2/c1-23(2,28)18-8-6-7-16(13-18)17-11-12-21-25-20(15-26(21)14-17)22(27)24-19-9-4-3-5-10-19/h3-15,28H,1-2H3,(H,24,27). The number of carbonyl (C=O) groups is 1. The number of aromatic nitrogens is 2. The van der Waals surface area contributed by atoms with Crippen molar-refractivity contribution in [3.8, 4) is 11.1 Å². The molecule has 2 heterocycles. The van der Waals surface area contributed by atoms with Crippen LogP contribution in [0.3, 0.4) is 0 Å². The van der Waals surface area contributed by atoms with Gasteiger partial charge in [-0.05, 0) is 60.9 Å². The minimum atomic E-state index is -0.905. The number of hydrogen-bond acceptors (Lipinski definition) is 3. The van der Waals surface area contributed by atoms with Crippen LogP contribution >= 0.6 is 0 Å². The number of nitrogens with one attached hydrogen (secondary N) is 1. The van der Waals surface area contributed by atoms with Gasteiger partial charge >= 0.3 is 0 Å². The van der Waals surface area contributed by atoms with Crippen LogP contribution < -0.4 is 5.32 Å². The van der Waals surface area contributed by atoms with E-state index in [1.54, 1.807) is 20.0 Å². The van der Waals surface area contributed by atoms with Gasteiger partial charge in [0, 0.05) is 18.1 Å². The van der Waals surface area contributed by atoms with Crippen LogP contribution in [0.25, 0.3) is 16.8 Å². The molecule has 2 N–H and O–H groups in total. The maximum atomic E-state index is 12.5. The average Bonchev–Trinajstić information content (AvgIpc) is 3.12. The Morgan fingerprint density at radius 3 is 2.50 bits per heavy atom. The summed E-state index contributed by atoms with van der Waals surface area (Å²) in [5.74, 6) is -0.250. The fourth-order valence-electron chi connectivity index (χ4n) is 3.07. The maximum Gasteiger partial charge on any atom is 0.275 e. The summed E-state index contributed by atoms with van der Waals surface area (Å²) in [6, 6.07) is 21.0. The Kier molecular flexibility index (Phi) is 4.45. The predicted molar refractivity (Wildman–Crippen MR) is 110 cm³/mol. The minimum absolute atomic E-state index is 0.250. The Bertz CT molecular complexity index is 1140. The Hall–Kier alpha value is -3.44. The second-order valence-corrected chi connectivity index (χ2v) is 7.27. The second-order valence-electron chi connectivity index (χ2n) is 7.27. The molecule has 28 heavy (non-hydrogen) atoms. The summed E-state index contributed by atoms with van der Waals surface area (Å²) in [5, 5.41) is 13.1. The van der Waals surface area contributed by atoms with Crippen molar-refractivity contribution in [1.82, 2.24) is 9.38 Å². The third-order valence-corrected chi connectivity index (χ3v) is 4.62. The van der Waals surface area contributed by atoms with E-state index in [0.29, 0.717) is 11.3 Å². The van der Waals surface area contributed by atoms with Gasteiger partial charge in [-0.15, -0.1) is 0 Å². The molecule has 5 nitrogen and oxygen atoms in total. The lowest BCUT2D eigenvalue weighted by Gasteiger charge is -2.18. The molecule has 0 atom stereocenters. The van der Waals surface area contributed by atoms with Gasteiger partial charge in [0.25, 0.3) is 5.91 Å². The monoisotopic (exact) mass is 371 g/mol. The zero-order valence-electron chi connectivity index (χ0n) is 15.8. The number of imidazole rings is 1. The van der Waals surface area contributed by atoms with Crippen LogP contribution in [0.1, 0.15) is 29.9 Å². The molecule has 2 aromatic carbocycles. The summed E-state index contributed by atoms with van der Waals surface area (Å²) < 4.78 is 1.84. The lowest BCUT2D eigenvalue weighted by Crippen LogP contribution is -2.15. The summed E-state index contributed by atoms with van der Waals surface area (Å²) in [4.78, 5) is 16.9. The molecule has 4 aromatic rings. The van der Waals surface area contributed by atoms with Crippen molar-refractivity contribution < 1.29 is 9.90 Å². The third kappa shape index (κ3) is 3.66. The van der Waals surface area contributed by atoms with Crippen molar-refractivity contribution in [2.75, 3.05) is 5.32 Å². The molecule has 0 spiro atoms. The second kappa shape index (κ2) is 6.94. The number of anilines is 1. The highest BCUT2D eigenvalue weighted by Crippen LogP contribution is 2.26. The number of pyridine rings is 1. The number of amides is 1. The number of rotatable bonds is 4. The van der Waals surface area contributed by atoms with Gasteiger partial charge in [0.2, 0.25) is 0 Å². The quantitative estimate of drug-likeness (QED) is 0.556. The van der Waals surface area contributed by atoms with Crippen LogP contribution in [0.15, 0.2) is 79.1 Å². The van der Waals surface area contributed by atoms with Gasteiger partial charge < -0.3 is 14.8 Å². The van der Waals surface area contributed by atoms with E-state index in [1.165, 1.54) is 0 Å². The first-order valence-electron chi connectivity index (χ1n) is 9.09. The first-order valence-corrected chi connectivity index (χ1v) is 9.09. The molecule has 0 bridgehead atoms. The first kappa shape index (κ1) is 17.9. The summed E-state index contributed by atoms with van der Waals surface area (Å²) in [6.45, 7) is 3.53. The molecule has 0 unspecified atom stereocenters. The van der Waals surface area contributed by atoms with E-state index >= 15 is 0 Å². The third-order valence-electron chi connectivity index (χ3n) is 4.62. The van der Waals surface area contributed by atoms with Gasteiger partial charge in [-0.3, -0.25) is 4.79 Å². The highest BCUT2D eigenvalue weighted by atomic mass is 16.3. The Labute approximate surface area is 163 Å². The Morgan fingerprint density at radius 2 is 1.75 bits per heavy atom. The molecular formula is C23H21N3O2. The molecule has 0 saturated carbocycles. The largest absolute Gasteiger partial charge is 0.386 e. The van der Waals surface area contributed by atoms with E-state index < -0.39 is 5.60 Å². The highest BCUT2D eigenvalue weighted by molar-refractivity contribution is 6.03. The number of aliphatic hydroxyl groups is 1. The van der Waals surface area contributed by atoms with E-state index in [1.807, 2.05) is 77.3 Å². The molecule has 0 aliphatic heterocycles. The molecule has 2 aromatic heterocycles. The fourth-order valence-corrected chi connectivity index (χ4v) is 3.07. The molecular weight excluding hydrogens is 350 g/mol. The topological polar surface area (TPSA) is 66.6 Å². The van der Waals surface area contributed by atoms with Crippen LogP contribution in [0.5, 0.6) is 0 Å². The van der Waals surface area contributed by atoms with Gasteiger partial charge in [-0.2, -0.15) is 0 Å². The summed E-state index contributed by atoms with van der Waals surface area (Å²) in [6.07, 6.45) is 3.65. The summed E-state index contributed by atoms with van der Waals surface area (Å²) >= 11 is 0. The highest BCUT2D eigenvalue weighted by Gasteiger charge is 2.16.